The summed E-state index contributed by atoms with van der Waals surface area (Å²) in [6, 6.07) is 17.0. The number of H-pyrrole nitrogens is 1. The summed E-state index contributed by atoms with van der Waals surface area (Å²) in [5, 5.41) is 0.853. The van der Waals surface area contributed by atoms with Gasteiger partial charge < -0.3 is 9.72 Å². The number of carbonyl (C=O) groups excluding carboxylic acids is 2. The molecule has 0 radical (unpaired) electrons. The zero-order chi connectivity index (χ0) is 17.1. The van der Waals surface area contributed by atoms with Crippen molar-refractivity contribution in [1.82, 2.24) is 4.98 Å². The number of aromatic nitrogens is 1. The number of carbonyl (C=O) groups is 2. The van der Waals surface area contributed by atoms with E-state index >= 15 is 0 Å². The summed E-state index contributed by atoms with van der Waals surface area (Å²) in [5.41, 5.74) is 3.14. The number of hydrogen-bond donors (Lipinski definition) is 1. The molecule has 0 bridgehead atoms. The van der Waals surface area contributed by atoms with Gasteiger partial charge in [0.05, 0.1) is 6.42 Å². The molecule has 1 N–H and O–H groups in total. The highest BCUT2D eigenvalue weighted by Gasteiger charge is 2.24. The molecule has 0 saturated carbocycles. The van der Waals surface area contributed by atoms with Crippen LogP contribution in [0.5, 0.6) is 0 Å². The number of Topliss-reactive ketones (excluding diaryl/α,β-unsaturated/α-hetero) is 1. The molecule has 3 aromatic rings. The summed E-state index contributed by atoms with van der Waals surface area (Å²) in [6.45, 7) is 3.47. The van der Waals surface area contributed by atoms with Crippen LogP contribution >= 0.6 is 0 Å². The minimum atomic E-state index is -0.820. The molecule has 0 unspecified atom stereocenters. The standard InChI is InChI=1S/C20H19NO3/c1-13-19(16-10-6-7-11-17(16)21-13)20(23)14(2)24-18(22)12-15-8-4-3-5-9-15/h3-11,14,21H,12H2,1-2H3/t14-/m1/s1. The van der Waals surface area contributed by atoms with E-state index in [4.69, 9.17) is 4.74 Å². The van der Waals surface area contributed by atoms with E-state index in [1.165, 1.54) is 0 Å². The molecule has 1 atom stereocenters. The maximum absolute atomic E-state index is 12.7. The molecule has 3 rings (SSSR count). The van der Waals surface area contributed by atoms with E-state index in [9.17, 15) is 9.59 Å². The number of benzene rings is 2. The first-order valence-corrected chi connectivity index (χ1v) is 7.91. The number of ketones is 1. The Labute approximate surface area is 140 Å². The Morgan fingerprint density at radius 2 is 1.71 bits per heavy atom. The summed E-state index contributed by atoms with van der Waals surface area (Å²) in [4.78, 5) is 28.0. The zero-order valence-electron chi connectivity index (χ0n) is 13.7. The lowest BCUT2D eigenvalue weighted by atomic mass is 10.0. The van der Waals surface area contributed by atoms with E-state index < -0.39 is 12.1 Å². The predicted molar refractivity (Wildman–Crippen MR) is 93.1 cm³/mol. The third kappa shape index (κ3) is 3.23. The van der Waals surface area contributed by atoms with Crippen LogP contribution < -0.4 is 0 Å². The summed E-state index contributed by atoms with van der Waals surface area (Å²) >= 11 is 0. The Balaban J connectivity index is 1.74. The topological polar surface area (TPSA) is 59.2 Å². The van der Waals surface area contributed by atoms with E-state index in [0.29, 0.717) is 5.56 Å². The Bertz CT molecular complexity index is 880. The number of fused-ring (bicyclic) bond motifs is 1. The van der Waals surface area contributed by atoms with Crippen LogP contribution in [0.3, 0.4) is 0 Å². The van der Waals surface area contributed by atoms with E-state index in [0.717, 1.165) is 22.2 Å². The molecule has 4 heteroatoms. The van der Waals surface area contributed by atoms with Gasteiger partial charge in [-0.1, -0.05) is 48.5 Å². The van der Waals surface area contributed by atoms with Gasteiger partial charge >= 0.3 is 5.97 Å². The first-order valence-electron chi connectivity index (χ1n) is 7.91. The average Bonchev–Trinajstić information content (AvgIpc) is 2.90. The fraction of sp³-hybridized carbons (Fsp3) is 0.200. The fourth-order valence-electron chi connectivity index (χ4n) is 2.85. The summed E-state index contributed by atoms with van der Waals surface area (Å²) < 4.78 is 5.34. The van der Waals surface area contributed by atoms with Gasteiger partial charge in [0.2, 0.25) is 5.78 Å². The zero-order valence-corrected chi connectivity index (χ0v) is 13.7. The number of aryl methyl sites for hydroxylation is 1. The van der Waals surface area contributed by atoms with Crippen LogP contribution in [0, 0.1) is 6.92 Å². The van der Waals surface area contributed by atoms with E-state index in [-0.39, 0.29) is 12.2 Å². The van der Waals surface area contributed by atoms with Crippen LogP contribution in [0.1, 0.15) is 28.5 Å². The highest BCUT2D eigenvalue weighted by atomic mass is 16.5. The van der Waals surface area contributed by atoms with E-state index in [2.05, 4.69) is 4.98 Å². The normalized spacial score (nSPS) is 12.1. The van der Waals surface area contributed by atoms with Crippen LogP contribution in [0.15, 0.2) is 54.6 Å². The van der Waals surface area contributed by atoms with Gasteiger partial charge in [-0.2, -0.15) is 0 Å². The number of ether oxygens (including phenoxy) is 1. The lowest BCUT2D eigenvalue weighted by molar-refractivity contribution is -0.145. The number of esters is 1. The fourth-order valence-corrected chi connectivity index (χ4v) is 2.85. The largest absolute Gasteiger partial charge is 0.454 e. The monoisotopic (exact) mass is 321 g/mol. The molecule has 122 valence electrons. The number of aromatic amines is 1. The van der Waals surface area contributed by atoms with Gasteiger partial charge in [-0.3, -0.25) is 9.59 Å². The van der Waals surface area contributed by atoms with E-state index in [1.54, 1.807) is 6.92 Å². The molecule has 0 aliphatic rings. The lowest BCUT2D eigenvalue weighted by Gasteiger charge is -2.12. The molecule has 24 heavy (non-hydrogen) atoms. The second kappa shape index (κ2) is 6.71. The third-order valence-corrected chi connectivity index (χ3v) is 4.01. The van der Waals surface area contributed by atoms with Crippen molar-refractivity contribution in [3.05, 3.63) is 71.4 Å². The number of nitrogens with one attached hydrogen (secondary N) is 1. The molecule has 4 nitrogen and oxygen atoms in total. The highest BCUT2D eigenvalue weighted by molar-refractivity contribution is 6.11. The van der Waals surface area contributed by atoms with Gasteiger partial charge in [-0.15, -0.1) is 0 Å². The Morgan fingerprint density at radius 1 is 1.04 bits per heavy atom. The van der Waals surface area contributed by atoms with Crippen molar-refractivity contribution in [1.29, 1.82) is 0 Å². The average molecular weight is 321 g/mol. The van der Waals surface area contributed by atoms with Gasteiger partial charge in [0.1, 0.15) is 0 Å². The number of rotatable bonds is 5. The molecule has 2 aromatic carbocycles. The molecule has 0 aliphatic heterocycles. The Kier molecular flexibility index (Phi) is 4.47. The molecule has 0 aliphatic carbocycles. The second-order valence-electron chi connectivity index (χ2n) is 5.83. The SMILES string of the molecule is Cc1[nH]c2ccccc2c1C(=O)[C@@H](C)OC(=O)Cc1ccccc1. The number of para-hydroxylation sites is 1. The lowest BCUT2D eigenvalue weighted by Crippen LogP contribution is -2.25. The number of hydrogen-bond acceptors (Lipinski definition) is 3. The van der Waals surface area contributed by atoms with Crippen LogP contribution in [0.4, 0.5) is 0 Å². The molecule has 1 aromatic heterocycles. The minimum absolute atomic E-state index is 0.158. The van der Waals surface area contributed by atoms with Crippen molar-refractivity contribution < 1.29 is 14.3 Å². The molecule has 0 spiro atoms. The molecular weight excluding hydrogens is 302 g/mol. The molecule has 1 heterocycles. The van der Waals surface area contributed by atoms with Crippen LogP contribution in [0.25, 0.3) is 10.9 Å². The highest BCUT2D eigenvalue weighted by Crippen LogP contribution is 2.23. The summed E-state index contributed by atoms with van der Waals surface area (Å²) in [6.07, 6.45) is -0.662. The molecule has 0 saturated heterocycles. The minimum Gasteiger partial charge on any atom is -0.454 e. The Hall–Kier alpha value is -2.88. The summed E-state index contributed by atoms with van der Waals surface area (Å²) in [7, 11) is 0. The van der Waals surface area contributed by atoms with Gasteiger partial charge in [0.25, 0.3) is 0 Å². The van der Waals surface area contributed by atoms with Crippen molar-refractivity contribution >= 4 is 22.7 Å². The van der Waals surface area contributed by atoms with Crippen LogP contribution in [-0.2, 0) is 16.0 Å². The molecule has 0 fully saturated rings. The Morgan fingerprint density at radius 3 is 2.46 bits per heavy atom. The van der Waals surface area contributed by atoms with Crippen molar-refractivity contribution in [3.63, 3.8) is 0 Å². The third-order valence-electron chi connectivity index (χ3n) is 4.01. The quantitative estimate of drug-likeness (QED) is 0.574. The summed E-state index contributed by atoms with van der Waals surface area (Å²) in [5.74, 6) is -0.592. The first kappa shape index (κ1) is 16.0. The van der Waals surface area contributed by atoms with Gasteiger partial charge in [0, 0.05) is 22.2 Å². The maximum atomic E-state index is 12.7. The van der Waals surface area contributed by atoms with Gasteiger partial charge in [-0.25, -0.2) is 0 Å². The molecule has 0 amide bonds. The second-order valence-corrected chi connectivity index (χ2v) is 5.83. The van der Waals surface area contributed by atoms with Gasteiger partial charge in [0.15, 0.2) is 6.10 Å². The van der Waals surface area contributed by atoms with Crippen molar-refractivity contribution in [3.8, 4) is 0 Å². The van der Waals surface area contributed by atoms with Crippen molar-refractivity contribution in [2.24, 2.45) is 0 Å². The predicted octanol–water partition coefficient (Wildman–Crippen LogP) is 3.83. The van der Waals surface area contributed by atoms with Crippen molar-refractivity contribution in [2.75, 3.05) is 0 Å². The van der Waals surface area contributed by atoms with Crippen LogP contribution in [0.2, 0.25) is 0 Å². The smallest absolute Gasteiger partial charge is 0.310 e. The molecular formula is C20H19NO3. The van der Waals surface area contributed by atoms with Crippen molar-refractivity contribution in [2.45, 2.75) is 26.4 Å². The van der Waals surface area contributed by atoms with E-state index in [1.807, 2.05) is 61.5 Å². The van der Waals surface area contributed by atoms with Gasteiger partial charge in [-0.05, 0) is 25.5 Å². The maximum Gasteiger partial charge on any atom is 0.310 e. The first-order chi connectivity index (χ1) is 11.6. The van der Waals surface area contributed by atoms with Crippen LogP contribution in [-0.4, -0.2) is 22.8 Å².